The average Bonchev–Trinajstić information content (AvgIpc) is 2.98. The number of hydrogen-bond acceptors (Lipinski definition) is 6. The molecule has 0 aliphatic carbocycles. The predicted molar refractivity (Wildman–Crippen MR) is 78.2 cm³/mol. The van der Waals surface area contributed by atoms with E-state index in [4.69, 9.17) is 0 Å². The highest BCUT2D eigenvalue weighted by Crippen LogP contribution is 2.17. The lowest BCUT2D eigenvalue weighted by Gasteiger charge is -2.11. The van der Waals surface area contributed by atoms with Gasteiger partial charge in [0.1, 0.15) is 10.7 Å². The lowest BCUT2D eigenvalue weighted by molar-refractivity contribution is 0.553. The molecule has 0 spiro atoms. The molecular weight excluding hydrogens is 292 g/mol. The summed E-state index contributed by atoms with van der Waals surface area (Å²) in [6.45, 7) is 3.31. The number of hydrogen-bond donors (Lipinski definition) is 2. The van der Waals surface area contributed by atoms with Crippen molar-refractivity contribution in [1.29, 1.82) is 0 Å². The van der Waals surface area contributed by atoms with Crippen molar-refractivity contribution >= 4 is 15.8 Å². The first-order valence-corrected chi connectivity index (χ1v) is 8.14. The van der Waals surface area contributed by atoms with E-state index in [1.807, 2.05) is 6.92 Å². The van der Waals surface area contributed by atoms with Crippen molar-refractivity contribution in [1.82, 2.24) is 24.7 Å². The summed E-state index contributed by atoms with van der Waals surface area (Å²) in [6, 6.07) is 3.13. The van der Waals surface area contributed by atoms with Gasteiger partial charge in [0.05, 0.1) is 12.7 Å². The van der Waals surface area contributed by atoms with Crippen LogP contribution in [-0.2, 0) is 16.6 Å². The first-order valence-electron chi connectivity index (χ1n) is 6.66. The molecule has 0 saturated carbocycles. The van der Waals surface area contributed by atoms with Crippen LogP contribution in [0, 0.1) is 0 Å². The predicted octanol–water partition coefficient (Wildman–Crippen LogP) is 0.473. The number of aromatic nitrogens is 4. The summed E-state index contributed by atoms with van der Waals surface area (Å²) < 4.78 is 28.7. The second-order valence-electron chi connectivity index (χ2n) is 4.34. The Morgan fingerprint density at radius 2 is 2.14 bits per heavy atom. The monoisotopic (exact) mass is 310 g/mol. The maximum absolute atomic E-state index is 12.3. The number of rotatable bonds is 8. The van der Waals surface area contributed by atoms with Crippen LogP contribution in [0.1, 0.15) is 13.3 Å². The third-order valence-electron chi connectivity index (χ3n) is 2.71. The van der Waals surface area contributed by atoms with Crippen LogP contribution in [0.5, 0.6) is 0 Å². The van der Waals surface area contributed by atoms with Crippen molar-refractivity contribution in [3.05, 3.63) is 30.7 Å². The molecular formula is C12H18N6O2S. The molecule has 114 valence electrons. The highest BCUT2D eigenvalue weighted by atomic mass is 32.2. The Morgan fingerprint density at radius 3 is 2.86 bits per heavy atom. The van der Waals surface area contributed by atoms with Crippen molar-refractivity contribution in [2.45, 2.75) is 24.8 Å². The summed E-state index contributed by atoms with van der Waals surface area (Å²) in [4.78, 5) is 4.23. The largest absolute Gasteiger partial charge is 0.369 e. The Kier molecular flexibility index (Phi) is 5.23. The molecule has 0 unspecified atom stereocenters. The number of anilines is 1. The van der Waals surface area contributed by atoms with E-state index in [1.165, 1.54) is 6.07 Å². The van der Waals surface area contributed by atoms with Crippen LogP contribution in [0.3, 0.4) is 0 Å². The van der Waals surface area contributed by atoms with E-state index in [9.17, 15) is 8.42 Å². The molecule has 21 heavy (non-hydrogen) atoms. The lowest BCUT2D eigenvalue weighted by atomic mass is 10.4. The van der Waals surface area contributed by atoms with Crippen molar-refractivity contribution < 1.29 is 8.42 Å². The van der Waals surface area contributed by atoms with Crippen LogP contribution in [0.15, 0.2) is 35.6 Å². The molecule has 0 fully saturated rings. The SMILES string of the molecule is CCCNc1ncccc1S(=O)(=O)NCCn1ccnn1. The highest BCUT2D eigenvalue weighted by molar-refractivity contribution is 7.89. The molecule has 0 saturated heterocycles. The van der Waals surface area contributed by atoms with E-state index >= 15 is 0 Å². The van der Waals surface area contributed by atoms with Gasteiger partial charge in [0, 0.05) is 25.5 Å². The Hall–Kier alpha value is -2.00. The van der Waals surface area contributed by atoms with E-state index in [0.717, 1.165) is 6.42 Å². The van der Waals surface area contributed by atoms with Crippen LogP contribution >= 0.6 is 0 Å². The zero-order chi connectivity index (χ0) is 15.1. The Morgan fingerprint density at radius 1 is 1.29 bits per heavy atom. The van der Waals surface area contributed by atoms with E-state index < -0.39 is 10.0 Å². The van der Waals surface area contributed by atoms with Gasteiger partial charge in [-0.3, -0.25) is 4.68 Å². The molecule has 0 bridgehead atoms. The molecule has 8 nitrogen and oxygen atoms in total. The van der Waals surface area contributed by atoms with E-state index in [-0.39, 0.29) is 11.4 Å². The molecule has 0 atom stereocenters. The number of nitrogens with zero attached hydrogens (tertiary/aromatic N) is 4. The summed E-state index contributed by atoms with van der Waals surface area (Å²) in [6.07, 6.45) is 5.66. The average molecular weight is 310 g/mol. The minimum absolute atomic E-state index is 0.150. The zero-order valence-electron chi connectivity index (χ0n) is 11.7. The molecule has 0 aliphatic heterocycles. The summed E-state index contributed by atoms with van der Waals surface area (Å²) in [5, 5.41) is 10.4. The fraction of sp³-hybridized carbons (Fsp3) is 0.417. The van der Waals surface area contributed by atoms with E-state index in [2.05, 4.69) is 25.3 Å². The summed E-state index contributed by atoms with van der Waals surface area (Å²) in [7, 11) is -3.61. The van der Waals surface area contributed by atoms with E-state index in [0.29, 0.717) is 18.9 Å². The topological polar surface area (TPSA) is 102 Å². The van der Waals surface area contributed by atoms with Crippen molar-refractivity contribution in [2.75, 3.05) is 18.4 Å². The molecule has 2 aromatic rings. The fourth-order valence-electron chi connectivity index (χ4n) is 1.71. The summed E-state index contributed by atoms with van der Waals surface area (Å²) >= 11 is 0. The summed E-state index contributed by atoms with van der Waals surface area (Å²) in [5.74, 6) is 0.368. The van der Waals surface area contributed by atoms with Crippen LogP contribution in [0.2, 0.25) is 0 Å². The first kappa shape index (κ1) is 15.4. The molecule has 2 aromatic heterocycles. The Bertz CT molecular complexity index is 656. The maximum Gasteiger partial charge on any atom is 0.244 e. The lowest BCUT2D eigenvalue weighted by Crippen LogP contribution is -2.28. The fourth-order valence-corrected chi connectivity index (χ4v) is 2.86. The molecule has 2 rings (SSSR count). The van der Waals surface area contributed by atoms with Crippen LogP contribution in [-0.4, -0.2) is 41.5 Å². The molecule has 0 aromatic carbocycles. The second-order valence-corrected chi connectivity index (χ2v) is 6.08. The molecule has 0 aliphatic rings. The van der Waals surface area contributed by atoms with Crippen LogP contribution < -0.4 is 10.0 Å². The third kappa shape index (κ3) is 4.23. The normalized spacial score (nSPS) is 11.5. The van der Waals surface area contributed by atoms with Crippen LogP contribution in [0.25, 0.3) is 0 Å². The molecule has 0 radical (unpaired) electrons. The van der Waals surface area contributed by atoms with Crippen molar-refractivity contribution in [3.8, 4) is 0 Å². The van der Waals surface area contributed by atoms with Gasteiger partial charge in [0.15, 0.2) is 0 Å². The number of sulfonamides is 1. The van der Waals surface area contributed by atoms with E-state index in [1.54, 1.807) is 29.3 Å². The maximum atomic E-state index is 12.3. The highest BCUT2D eigenvalue weighted by Gasteiger charge is 2.18. The number of nitrogens with one attached hydrogen (secondary N) is 2. The van der Waals surface area contributed by atoms with Crippen molar-refractivity contribution in [2.24, 2.45) is 0 Å². The second kappa shape index (κ2) is 7.14. The van der Waals surface area contributed by atoms with Gasteiger partial charge in [-0.15, -0.1) is 5.10 Å². The first-order chi connectivity index (χ1) is 10.1. The molecule has 2 heterocycles. The Balaban J connectivity index is 2.04. The molecule has 0 amide bonds. The minimum Gasteiger partial charge on any atom is -0.369 e. The van der Waals surface area contributed by atoms with Gasteiger partial charge in [0.25, 0.3) is 0 Å². The van der Waals surface area contributed by atoms with Gasteiger partial charge in [-0.25, -0.2) is 18.1 Å². The minimum atomic E-state index is -3.61. The molecule has 9 heteroatoms. The quantitative estimate of drug-likeness (QED) is 0.735. The van der Waals surface area contributed by atoms with Crippen molar-refractivity contribution in [3.63, 3.8) is 0 Å². The van der Waals surface area contributed by atoms with Gasteiger partial charge in [-0.05, 0) is 18.6 Å². The smallest absolute Gasteiger partial charge is 0.244 e. The zero-order valence-corrected chi connectivity index (χ0v) is 12.5. The summed E-state index contributed by atoms with van der Waals surface area (Å²) in [5.41, 5.74) is 0. The molecule has 2 N–H and O–H groups in total. The standard InChI is InChI=1S/C12H18N6O2S/c1-2-5-13-12-11(4-3-6-14-12)21(19,20)16-8-10-18-9-7-15-17-18/h3-4,6-7,9,16H,2,5,8,10H2,1H3,(H,13,14). The third-order valence-corrected chi connectivity index (χ3v) is 4.20. The Labute approximate surface area is 123 Å². The van der Waals surface area contributed by atoms with Gasteiger partial charge >= 0.3 is 0 Å². The van der Waals surface area contributed by atoms with Gasteiger partial charge in [0.2, 0.25) is 10.0 Å². The van der Waals surface area contributed by atoms with Crippen LogP contribution in [0.4, 0.5) is 5.82 Å². The number of pyridine rings is 1. The van der Waals surface area contributed by atoms with Gasteiger partial charge < -0.3 is 5.32 Å². The van der Waals surface area contributed by atoms with Gasteiger partial charge in [-0.1, -0.05) is 12.1 Å². The van der Waals surface area contributed by atoms with Gasteiger partial charge in [-0.2, -0.15) is 0 Å².